The zero-order valence-corrected chi connectivity index (χ0v) is 13.4. The monoisotopic (exact) mass is 300 g/mol. The first-order valence-electron chi connectivity index (χ1n) is 6.88. The molecule has 0 spiro atoms. The van der Waals surface area contributed by atoms with Gasteiger partial charge in [0, 0.05) is 40.5 Å². The van der Waals surface area contributed by atoms with Crippen molar-refractivity contribution >= 4 is 17.3 Å². The lowest BCUT2D eigenvalue weighted by Gasteiger charge is -2.26. The highest BCUT2D eigenvalue weighted by Gasteiger charge is 2.10. The summed E-state index contributed by atoms with van der Waals surface area (Å²) in [6.07, 6.45) is 0.967. The van der Waals surface area contributed by atoms with Crippen molar-refractivity contribution in [2.24, 2.45) is 0 Å². The van der Waals surface area contributed by atoms with Gasteiger partial charge in [0.25, 0.3) is 0 Å². The molecule has 0 bridgehead atoms. The maximum absolute atomic E-state index is 6.41. The quantitative estimate of drug-likeness (QED) is 0.673. The average Bonchev–Trinajstić information content (AvgIpc) is 2.44. The van der Waals surface area contributed by atoms with Crippen molar-refractivity contribution in [2.75, 3.05) is 52.5 Å². The van der Waals surface area contributed by atoms with Crippen molar-refractivity contribution in [3.8, 4) is 0 Å². The molecule has 0 fully saturated rings. The van der Waals surface area contributed by atoms with Gasteiger partial charge in [0.1, 0.15) is 0 Å². The maximum atomic E-state index is 6.41. The molecular formula is C15H25ClN2O2. The first-order valence-corrected chi connectivity index (χ1v) is 7.26. The lowest BCUT2D eigenvalue weighted by Crippen LogP contribution is -2.29. The Morgan fingerprint density at radius 3 is 2.50 bits per heavy atom. The van der Waals surface area contributed by atoms with Gasteiger partial charge in [-0.05, 0) is 31.2 Å². The Hall–Kier alpha value is -0.810. The summed E-state index contributed by atoms with van der Waals surface area (Å²) in [6, 6.07) is 6.20. The molecule has 0 unspecified atom stereocenters. The minimum atomic E-state index is 0.682. The minimum absolute atomic E-state index is 0.682. The van der Waals surface area contributed by atoms with Crippen molar-refractivity contribution in [3.05, 3.63) is 28.8 Å². The van der Waals surface area contributed by atoms with Crippen LogP contribution in [0.5, 0.6) is 0 Å². The van der Waals surface area contributed by atoms with Crippen LogP contribution >= 0.6 is 11.6 Å². The van der Waals surface area contributed by atoms with Crippen LogP contribution in [0.3, 0.4) is 0 Å². The Bertz CT molecular complexity index is 388. The number of nitrogens with one attached hydrogen (secondary N) is 1. The number of methoxy groups -OCH3 is 2. The van der Waals surface area contributed by atoms with Crippen LogP contribution in [0.2, 0.25) is 5.02 Å². The van der Waals surface area contributed by atoms with E-state index in [2.05, 4.69) is 22.3 Å². The molecule has 4 nitrogen and oxygen atoms in total. The van der Waals surface area contributed by atoms with Crippen LogP contribution in [0, 0.1) is 0 Å². The van der Waals surface area contributed by atoms with Gasteiger partial charge in [-0.2, -0.15) is 0 Å². The summed E-state index contributed by atoms with van der Waals surface area (Å²) in [5.74, 6) is 0. The van der Waals surface area contributed by atoms with Gasteiger partial charge >= 0.3 is 0 Å². The second-order valence-corrected chi connectivity index (χ2v) is 5.05. The number of hydrogen-bond donors (Lipinski definition) is 1. The fraction of sp³-hybridized carbons (Fsp3) is 0.600. The molecule has 0 aliphatic heterocycles. The van der Waals surface area contributed by atoms with Crippen LogP contribution in [0.25, 0.3) is 0 Å². The molecule has 0 atom stereocenters. The molecule has 0 aliphatic rings. The van der Waals surface area contributed by atoms with Crippen LogP contribution in [-0.4, -0.2) is 47.6 Å². The molecule has 5 heteroatoms. The van der Waals surface area contributed by atoms with Crippen LogP contribution in [-0.2, 0) is 16.0 Å². The lowest BCUT2D eigenvalue weighted by molar-refractivity contribution is 0.191. The summed E-state index contributed by atoms with van der Waals surface area (Å²) >= 11 is 6.41. The maximum Gasteiger partial charge on any atom is 0.0642 e. The van der Waals surface area contributed by atoms with Gasteiger partial charge < -0.3 is 19.7 Å². The highest BCUT2D eigenvalue weighted by atomic mass is 35.5. The van der Waals surface area contributed by atoms with E-state index >= 15 is 0 Å². The fourth-order valence-electron chi connectivity index (χ4n) is 2.07. The van der Waals surface area contributed by atoms with Crippen molar-refractivity contribution < 1.29 is 9.47 Å². The average molecular weight is 301 g/mol. The zero-order chi connectivity index (χ0) is 14.8. The van der Waals surface area contributed by atoms with Gasteiger partial charge in [0.05, 0.1) is 17.3 Å². The van der Waals surface area contributed by atoms with E-state index in [0.29, 0.717) is 6.61 Å². The third-order valence-electron chi connectivity index (χ3n) is 3.08. The number of anilines is 1. The Kier molecular flexibility index (Phi) is 8.62. The molecule has 0 radical (unpaired) electrons. The number of hydrogen-bond acceptors (Lipinski definition) is 4. The Balaban J connectivity index is 2.77. The molecule has 1 aromatic rings. The molecule has 0 saturated heterocycles. The van der Waals surface area contributed by atoms with Gasteiger partial charge in [-0.1, -0.05) is 17.7 Å². The standard InChI is InChI=1S/C15H25ClN2O2/c1-17-12-13-5-6-15(14(16)11-13)18(8-10-20-3)7-4-9-19-2/h5-6,11,17H,4,7-10,12H2,1-3H3. The Morgan fingerprint density at radius 1 is 1.15 bits per heavy atom. The number of ether oxygens (including phenoxy) is 2. The van der Waals surface area contributed by atoms with E-state index in [1.54, 1.807) is 14.2 Å². The molecule has 20 heavy (non-hydrogen) atoms. The molecule has 0 heterocycles. The van der Waals surface area contributed by atoms with Crippen LogP contribution in [0.4, 0.5) is 5.69 Å². The summed E-state index contributed by atoms with van der Waals surface area (Å²) in [5.41, 5.74) is 2.24. The number of halogens is 1. The SMILES string of the molecule is CNCc1ccc(N(CCCOC)CCOC)c(Cl)c1. The predicted octanol–water partition coefficient (Wildman–Crippen LogP) is 2.55. The Morgan fingerprint density at radius 2 is 1.90 bits per heavy atom. The first-order chi connectivity index (χ1) is 9.72. The highest BCUT2D eigenvalue weighted by molar-refractivity contribution is 6.33. The van der Waals surface area contributed by atoms with Crippen LogP contribution in [0.15, 0.2) is 18.2 Å². The van der Waals surface area contributed by atoms with Gasteiger partial charge in [-0.3, -0.25) is 0 Å². The molecule has 114 valence electrons. The van der Waals surface area contributed by atoms with E-state index < -0.39 is 0 Å². The molecule has 0 saturated carbocycles. The fourth-order valence-corrected chi connectivity index (χ4v) is 2.40. The van der Waals surface area contributed by atoms with Crippen LogP contribution < -0.4 is 10.2 Å². The van der Waals surface area contributed by atoms with Crippen molar-refractivity contribution in [2.45, 2.75) is 13.0 Å². The summed E-state index contributed by atoms with van der Waals surface area (Å²) in [6.45, 7) is 3.98. The van der Waals surface area contributed by atoms with E-state index in [1.165, 1.54) is 5.56 Å². The zero-order valence-electron chi connectivity index (χ0n) is 12.6. The molecular weight excluding hydrogens is 276 g/mol. The van der Waals surface area contributed by atoms with Gasteiger partial charge in [-0.25, -0.2) is 0 Å². The summed E-state index contributed by atoms with van der Waals surface area (Å²) < 4.78 is 10.3. The largest absolute Gasteiger partial charge is 0.385 e. The number of nitrogens with zero attached hydrogens (tertiary/aromatic N) is 1. The lowest BCUT2D eigenvalue weighted by atomic mass is 10.2. The Labute approximate surface area is 127 Å². The third kappa shape index (κ3) is 5.67. The van der Waals surface area contributed by atoms with Gasteiger partial charge in [0.2, 0.25) is 0 Å². The number of benzene rings is 1. The van der Waals surface area contributed by atoms with Crippen LogP contribution in [0.1, 0.15) is 12.0 Å². The minimum Gasteiger partial charge on any atom is -0.385 e. The molecule has 0 aliphatic carbocycles. The molecule has 0 aromatic heterocycles. The van der Waals surface area contributed by atoms with E-state index in [1.807, 2.05) is 13.1 Å². The number of rotatable bonds is 10. The summed E-state index contributed by atoms with van der Waals surface area (Å²) in [4.78, 5) is 2.24. The van der Waals surface area contributed by atoms with E-state index in [-0.39, 0.29) is 0 Å². The molecule has 0 amide bonds. The second kappa shape index (κ2) is 10.00. The van der Waals surface area contributed by atoms with Crippen molar-refractivity contribution in [1.82, 2.24) is 5.32 Å². The van der Waals surface area contributed by atoms with E-state index in [0.717, 1.165) is 43.4 Å². The molecule has 1 rings (SSSR count). The third-order valence-corrected chi connectivity index (χ3v) is 3.38. The highest BCUT2D eigenvalue weighted by Crippen LogP contribution is 2.27. The van der Waals surface area contributed by atoms with Gasteiger partial charge in [-0.15, -0.1) is 0 Å². The van der Waals surface area contributed by atoms with Crippen molar-refractivity contribution in [1.29, 1.82) is 0 Å². The molecule has 1 aromatic carbocycles. The second-order valence-electron chi connectivity index (χ2n) is 4.64. The normalized spacial score (nSPS) is 10.8. The molecule has 1 N–H and O–H groups in total. The van der Waals surface area contributed by atoms with E-state index in [9.17, 15) is 0 Å². The van der Waals surface area contributed by atoms with Crippen molar-refractivity contribution in [3.63, 3.8) is 0 Å². The predicted molar refractivity (Wildman–Crippen MR) is 84.8 cm³/mol. The topological polar surface area (TPSA) is 33.7 Å². The van der Waals surface area contributed by atoms with Gasteiger partial charge in [0.15, 0.2) is 0 Å². The smallest absolute Gasteiger partial charge is 0.0642 e. The van der Waals surface area contributed by atoms with E-state index in [4.69, 9.17) is 21.1 Å². The summed E-state index contributed by atoms with van der Waals surface area (Å²) in [5, 5.41) is 3.91. The summed E-state index contributed by atoms with van der Waals surface area (Å²) in [7, 11) is 5.36. The first kappa shape index (κ1) is 17.2.